The standard InChI is InChI=1S/C13H10O3.3C6H6O.10C2H6.CO2.2H2O/c14-13(15-11-7-3-1-4-8-11)16-12-9-5-2-6-10-12;3*7-6-4-2-1-3-5-6;10*1-2;2-1-3;;/h1-10H;3*1-5,7H;10*1-2H3;;2*1H2. The van der Waals surface area contributed by atoms with Crippen LogP contribution >= 0.6 is 0 Å². The number of carbonyl (C=O) groups excluding carboxylic acids is 3. The molecule has 0 aliphatic carbocycles. The molecular formula is C52H92O10. The normalized spacial score (nSPS) is 6.45. The SMILES string of the molecule is CC.CC.CC.CC.CC.CC.CC.CC.CC.CC.O.O.O=C(Oc1ccccc1)Oc1ccccc1.O=C=O.Oc1ccccc1.Oc1ccccc1.Oc1ccccc1. The van der Waals surface area contributed by atoms with Crippen LogP contribution in [-0.4, -0.2) is 38.6 Å². The number of hydrogen-bond acceptors (Lipinski definition) is 8. The molecule has 0 unspecified atom stereocenters. The number of carbonyl (C=O) groups is 1. The summed E-state index contributed by atoms with van der Waals surface area (Å²) in [6.07, 6.45) is -0.489. The van der Waals surface area contributed by atoms with Gasteiger partial charge in [-0.15, -0.1) is 0 Å². The first-order chi connectivity index (χ1) is 29.4. The Kier molecular flexibility index (Phi) is 142. The van der Waals surface area contributed by atoms with Gasteiger partial charge in [-0.05, 0) is 60.7 Å². The van der Waals surface area contributed by atoms with Gasteiger partial charge in [0, 0.05) is 0 Å². The van der Waals surface area contributed by atoms with Gasteiger partial charge in [0.25, 0.3) is 0 Å². The van der Waals surface area contributed by atoms with Crippen LogP contribution in [0.25, 0.3) is 0 Å². The summed E-state index contributed by atoms with van der Waals surface area (Å²) in [5.74, 6) is 1.89. The second-order valence-electron chi connectivity index (χ2n) is 7.17. The summed E-state index contributed by atoms with van der Waals surface area (Å²) in [6, 6.07) is 43.7. The number of aromatic hydroxyl groups is 3. The summed E-state index contributed by atoms with van der Waals surface area (Å²) in [4.78, 5) is 27.6. The monoisotopic (exact) mass is 877 g/mol. The lowest BCUT2D eigenvalue weighted by Crippen LogP contribution is -2.13. The summed E-state index contributed by atoms with van der Waals surface area (Å²) in [6.45, 7) is 40.0. The maximum Gasteiger partial charge on any atom is 0.519 e. The Morgan fingerprint density at radius 1 is 0.323 bits per heavy atom. The van der Waals surface area contributed by atoms with Crippen LogP contribution in [0.4, 0.5) is 4.79 Å². The van der Waals surface area contributed by atoms with E-state index in [1.807, 2.05) is 169 Å². The van der Waals surface area contributed by atoms with Crippen molar-refractivity contribution in [2.24, 2.45) is 0 Å². The van der Waals surface area contributed by atoms with Gasteiger partial charge < -0.3 is 35.7 Å². The first kappa shape index (κ1) is 87.6. The highest BCUT2D eigenvalue weighted by atomic mass is 16.7. The Bertz CT molecular complexity index is 1200. The maximum atomic E-state index is 11.3. The number of phenols is 3. The summed E-state index contributed by atoms with van der Waals surface area (Å²) in [5, 5.41) is 25.9. The van der Waals surface area contributed by atoms with Crippen LogP contribution < -0.4 is 9.47 Å². The van der Waals surface area contributed by atoms with Gasteiger partial charge in [-0.2, -0.15) is 9.59 Å². The Labute approximate surface area is 380 Å². The number of rotatable bonds is 2. The molecule has 0 spiro atoms. The maximum absolute atomic E-state index is 11.3. The number of ether oxygens (including phenoxy) is 2. The molecule has 5 aromatic carbocycles. The molecule has 0 heterocycles. The van der Waals surface area contributed by atoms with Crippen molar-refractivity contribution >= 4 is 12.3 Å². The van der Waals surface area contributed by atoms with Crippen molar-refractivity contribution in [3.8, 4) is 28.7 Å². The highest BCUT2D eigenvalue weighted by molar-refractivity contribution is 5.66. The Hall–Kier alpha value is -5.93. The van der Waals surface area contributed by atoms with E-state index < -0.39 is 6.16 Å². The summed E-state index contributed by atoms with van der Waals surface area (Å²) in [5.41, 5.74) is 0. The van der Waals surface area contributed by atoms with Crippen LogP contribution in [0.2, 0.25) is 0 Å². The third-order valence-corrected chi connectivity index (χ3v) is 4.16. The quantitative estimate of drug-likeness (QED) is 0.115. The molecule has 7 N–H and O–H groups in total. The average molecular weight is 877 g/mol. The lowest BCUT2D eigenvalue weighted by Gasteiger charge is -2.04. The van der Waals surface area contributed by atoms with Crippen LogP contribution in [0.15, 0.2) is 152 Å². The highest BCUT2D eigenvalue weighted by Crippen LogP contribution is 2.13. The van der Waals surface area contributed by atoms with Crippen molar-refractivity contribution in [2.45, 2.75) is 138 Å². The molecule has 0 saturated carbocycles. The minimum absolute atomic E-state index is 0. The van der Waals surface area contributed by atoms with Crippen molar-refractivity contribution in [1.82, 2.24) is 0 Å². The molecule has 10 nitrogen and oxygen atoms in total. The average Bonchev–Trinajstić information content (AvgIpc) is 3.35. The van der Waals surface area contributed by atoms with E-state index >= 15 is 0 Å². The number of benzene rings is 5. The smallest absolute Gasteiger partial charge is 0.508 e. The fraction of sp³-hybridized carbons (Fsp3) is 0.385. The first-order valence-corrected chi connectivity index (χ1v) is 21.7. The molecule has 0 atom stereocenters. The predicted octanol–water partition coefficient (Wildman–Crippen LogP) is 15.5. The minimum atomic E-state index is -0.739. The molecule has 0 aliphatic heterocycles. The van der Waals surface area contributed by atoms with Gasteiger partial charge in [0.1, 0.15) is 28.7 Å². The summed E-state index contributed by atoms with van der Waals surface area (Å²) >= 11 is 0. The molecule has 360 valence electrons. The van der Waals surface area contributed by atoms with Gasteiger partial charge in [-0.3, -0.25) is 0 Å². The molecule has 0 bridgehead atoms. The zero-order valence-corrected chi connectivity index (χ0v) is 42.3. The van der Waals surface area contributed by atoms with E-state index in [0.717, 1.165) is 0 Å². The van der Waals surface area contributed by atoms with E-state index in [1.165, 1.54) is 0 Å². The lowest BCUT2D eigenvalue weighted by molar-refractivity contribution is -0.191. The number of phenolic OH excluding ortho intramolecular Hbond substituents is 3. The second kappa shape index (κ2) is 100. The van der Waals surface area contributed by atoms with E-state index in [9.17, 15) is 4.79 Å². The molecule has 5 rings (SSSR count). The van der Waals surface area contributed by atoms with E-state index in [4.69, 9.17) is 34.4 Å². The first-order valence-electron chi connectivity index (χ1n) is 21.7. The van der Waals surface area contributed by atoms with Crippen LogP contribution in [-0.2, 0) is 9.59 Å². The van der Waals surface area contributed by atoms with Gasteiger partial charge in [0.15, 0.2) is 0 Å². The van der Waals surface area contributed by atoms with Crippen molar-refractivity contribution in [3.05, 3.63) is 152 Å². The van der Waals surface area contributed by atoms with E-state index in [0.29, 0.717) is 28.7 Å². The van der Waals surface area contributed by atoms with Crippen LogP contribution in [0.1, 0.15) is 138 Å². The van der Waals surface area contributed by atoms with Crippen molar-refractivity contribution in [1.29, 1.82) is 0 Å². The van der Waals surface area contributed by atoms with E-state index in [1.54, 1.807) is 121 Å². The van der Waals surface area contributed by atoms with Crippen molar-refractivity contribution in [2.75, 3.05) is 0 Å². The number of hydrogen-bond donors (Lipinski definition) is 3. The zero-order chi connectivity index (χ0) is 49.3. The summed E-state index contributed by atoms with van der Waals surface area (Å²) < 4.78 is 9.91. The molecule has 0 amide bonds. The Balaban J connectivity index is -0.0000000476. The number of para-hydroxylation sites is 5. The highest BCUT2D eigenvalue weighted by Gasteiger charge is 2.06. The summed E-state index contributed by atoms with van der Waals surface area (Å²) in [7, 11) is 0. The van der Waals surface area contributed by atoms with Crippen molar-refractivity contribution < 1.29 is 50.1 Å². The van der Waals surface area contributed by atoms with E-state index in [-0.39, 0.29) is 17.1 Å². The largest absolute Gasteiger partial charge is 0.519 e. The second-order valence-corrected chi connectivity index (χ2v) is 7.17. The van der Waals surface area contributed by atoms with Crippen LogP contribution in [0, 0.1) is 0 Å². The van der Waals surface area contributed by atoms with Gasteiger partial charge in [0.2, 0.25) is 0 Å². The molecule has 0 radical (unpaired) electrons. The fourth-order valence-corrected chi connectivity index (χ4v) is 2.47. The van der Waals surface area contributed by atoms with Crippen molar-refractivity contribution in [3.63, 3.8) is 0 Å². The van der Waals surface area contributed by atoms with Gasteiger partial charge >= 0.3 is 12.3 Å². The molecule has 0 aliphatic rings. The zero-order valence-electron chi connectivity index (χ0n) is 42.3. The molecule has 62 heavy (non-hydrogen) atoms. The lowest BCUT2D eigenvalue weighted by atomic mass is 10.3. The third-order valence-electron chi connectivity index (χ3n) is 4.16. The molecule has 10 heteroatoms. The van der Waals surface area contributed by atoms with Crippen LogP contribution in [0.5, 0.6) is 28.7 Å². The Morgan fingerprint density at radius 2 is 0.452 bits per heavy atom. The van der Waals surface area contributed by atoms with Gasteiger partial charge in [0.05, 0.1) is 0 Å². The molecule has 0 fully saturated rings. The minimum Gasteiger partial charge on any atom is -0.508 e. The third kappa shape index (κ3) is 86.0. The van der Waals surface area contributed by atoms with Crippen LogP contribution in [0.3, 0.4) is 0 Å². The molecular weight excluding hydrogens is 785 g/mol. The topological polar surface area (TPSA) is 193 Å². The van der Waals surface area contributed by atoms with E-state index in [2.05, 4.69) is 0 Å². The fourth-order valence-electron chi connectivity index (χ4n) is 2.47. The molecule has 0 saturated heterocycles. The molecule has 0 aromatic heterocycles. The van der Waals surface area contributed by atoms with Gasteiger partial charge in [-0.25, -0.2) is 4.79 Å². The predicted molar refractivity (Wildman–Crippen MR) is 270 cm³/mol. The Morgan fingerprint density at radius 3 is 0.565 bits per heavy atom. The van der Waals surface area contributed by atoms with Gasteiger partial charge in [-0.1, -0.05) is 229 Å². The molecule has 5 aromatic rings.